The molecule has 0 atom stereocenters. The molecule has 2 saturated carbocycles. The molecule has 2 fully saturated rings. The van der Waals surface area contributed by atoms with E-state index in [0.717, 1.165) is 12.1 Å². The lowest BCUT2D eigenvalue weighted by Crippen LogP contribution is -2.31. The Hall–Kier alpha value is -1.35. The minimum atomic E-state index is 0.220. The molecule has 2 aliphatic rings. The van der Waals surface area contributed by atoms with Crippen LogP contribution in [0.25, 0.3) is 11.0 Å². The highest BCUT2D eigenvalue weighted by Gasteiger charge is 2.34. The summed E-state index contributed by atoms with van der Waals surface area (Å²) in [7, 11) is 0. The Kier molecular flexibility index (Phi) is 2.46. The van der Waals surface area contributed by atoms with Crippen LogP contribution in [0, 0.1) is 0 Å². The van der Waals surface area contributed by atoms with Crippen LogP contribution in [0.5, 0.6) is 0 Å². The van der Waals surface area contributed by atoms with Crippen LogP contribution in [-0.4, -0.2) is 16.1 Å². The normalized spacial score (nSPS) is 22.2. The van der Waals surface area contributed by atoms with E-state index >= 15 is 0 Å². The van der Waals surface area contributed by atoms with E-state index < -0.39 is 0 Å². The molecule has 0 unspecified atom stereocenters. The third-order valence-electron chi connectivity index (χ3n) is 5.08. The number of fused-ring (bicyclic) bond motifs is 1. The van der Waals surface area contributed by atoms with Gasteiger partial charge in [0.1, 0.15) is 0 Å². The molecule has 2 N–H and O–H groups in total. The second-order valence-corrected chi connectivity index (χ2v) is 6.28. The average molecular weight is 255 g/mol. The monoisotopic (exact) mass is 255 g/mol. The van der Waals surface area contributed by atoms with E-state index in [0.29, 0.717) is 6.04 Å². The maximum atomic E-state index is 6.08. The van der Waals surface area contributed by atoms with Crippen LogP contribution in [0.15, 0.2) is 24.5 Å². The van der Waals surface area contributed by atoms with Crippen molar-refractivity contribution < 1.29 is 0 Å². The molecule has 100 valence electrons. The summed E-state index contributed by atoms with van der Waals surface area (Å²) in [4.78, 5) is 4.60. The third-order valence-corrected chi connectivity index (χ3v) is 5.08. The second kappa shape index (κ2) is 4.07. The molecule has 2 aromatic rings. The fraction of sp³-hybridized carbons (Fsp3) is 0.562. The highest BCUT2D eigenvalue weighted by atomic mass is 15.1. The summed E-state index contributed by atoms with van der Waals surface area (Å²) >= 11 is 0. The minimum absolute atomic E-state index is 0.220. The van der Waals surface area contributed by atoms with Gasteiger partial charge in [-0.1, -0.05) is 18.9 Å². The van der Waals surface area contributed by atoms with Crippen LogP contribution in [0.3, 0.4) is 0 Å². The SMILES string of the molecule is NCC1(c2ccc3c(c2)ncn3C2CC2)CCCC1. The van der Waals surface area contributed by atoms with Crippen LogP contribution in [-0.2, 0) is 5.41 Å². The summed E-state index contributed by atoms with van der Waals surface area (Å²) in [6.07, 6.45) is 9.71. The number of nitrogens with zero attached hydrogens (tertiary/aromatic N) is 2. The van der Waals surface area contributed by atoms with E-state index in [-0.39, 0.29) is 5.41 Å². The van der Waals surface area contributed by atoms with Gasteiger partial charge in [-0.25, -0.2) is 4.98 Å². The minimum Gasteiger partial charge on any atom is -0.330 e. The molecule has 3 heteroatoms. The fourth-order valence-corrected chi connectivity index (χ4v) is 3.67. The zero-order valence-electron chi connectivity index (χ0n) is 11.3. The van der Waals surface area contributed by atoms with Gasteiger partial charge in [-0.3, -0.25) is 0 Å². The van der Waals surface area contributed by atoms with Gasteiger partial charge in [0.15, 0.2) is 0 Å². The zero-order chi connectivity index (χ0) is 12.9. The first-order valence-corrected chi connectivity index (χ1v) is 7.50. The average Bonchev–Trinajstić information content (AvgIpc) is 3.04. The van der Waals surface area contributed by atoms with Crippen molar-refractivity contribution in [1.29, 1.82) is 0 Å². The van der Waals surface area contributed by atoms with Gasteiger partial charge in [0.05, 0.1) is 17.4 Å². The maximum absolute atomic E-state index is 6.08. The highest BCUT2D eigenvalue weighted by molar-refractivity contribution is 5.76. The van der Waals surface area contributed by atoms with Crippen molar-refractivity contribution in [3.63, 3.8) is 0 Å². The predicted molar refractivity (Wildman–Crippen MR) is 77.2 cm³/mol. The van der Waals surface area contributed by atoms with E-state index in [1.165, 1.54) is 49.6 Å². The number of hydrogen-bond acceptors (Lipinski definition) is 2. The van der Waals surface area contributed by atoms with Gasteiger partial charge >= 0.3 is 0 Å². The molecular formula is C16H21N3. The zero-order valence-corrected chi connectivity index (χ0v) is 11.3. The van der Waals surface area contributed by atoms with Gasteiger partial charge in [-0.15, -0.1) is 0 Å². The number of imidazole rings is 1. The van der Waals surface area contributed by atoms with Crippen LogP contribution < -0.4 is 5.73 Å². The standard InChI is InChI=1S/C16H21N3/c17-10-16(7-1-2-8-16)12-3-6-15-14(9-12)18-11-19(15)13-4-5-13/h3,6,9,11,13H,1-2,4-5,7-8,10,17H2. The molecular weight excluding hydrogens is 234 g/mol. The summed E-state index contributed by atoms with van der Waals surface area (Å²) in [5.41, 5.74) is 10.1. The van der Waals surface area contributed by atoms with Crippen molar-refractivity contribution in [2.45, 2.75) is 50.0 Å². The van der Waals surface area contributed by atoms with E-state index in [1.54, 1.807) is 0 Å². The molecule has 0 bridgehead atoms. The Morgan fingerprint density at radius 1 is 1.26 bits per heavy atom. The lowest BCUT2D eigenvalue weighted by atomic mass is 9.79. The Labute approximate surface area is 113 Å². The van der Waals surface area contributed by atoms with Gasteiger partial charge in [-0.2, -0.15) is 0 Å². The predicted octanol–water partition coefficient (Wildman–Crippen LogP) is 3.14. The van der Waals surface area contributed by atoms with Gasteiger partial charge in [0, 0.05) is 18.0 Å². The molecule has 1 aromatic carbocycles. The molecule has 0 radical (unpaired) electrons. The molecule has 1 heterocycles. The Balaban J connectivity index is 1.79. The fourth-order valence-electron chi connectivity index (χ4n) is 3.67. The van der Waals surface area contributed by atoms with Gasteiger partial charge in [0.25, 0.3) is 0 Å². The summed E-state index contributed by atoms with van der Waals surface area (Å²) in [6.45, 7) is 0.766. The smallest absolute Gasteiger partial charge is 0.0960 e. The number of hydrogen-bond donors (Lipinski definition) is 1. The largest absolute Gasteiger partial charge is 0.330 e. The quantitative estimate of drug-likeness (QED) is 0.915. The first-order chi connectivity index (χ1) is 9.32. The molecule has 0 saturated heterocycles. The Morgan fingerprint density at radius 3 is 2.74 bits per heavy atom. The number of nitrogens with two attached hydrogens (primary N) is 1. The Morgan fingerprint density at radius 2 is 2.05 bits per heavy atom. The van der Waals surface area contributed by atoms with Crippen molar-refractivity contribution in [1.82, 2.24) is 9.55 Å². The van der Waals surface area contributed by atoms with Crippen molar-refractivity contribution in [2.24, 2.45) is 5.73 Å². The van der Waals surface area contributed by atoms with Gasteiger partial charge in [-0.05, 0) is 43.4 Å². The van der Waals surface area contributed by atoms with Crippen molar-refractivity contribution in [2.75, 3.05) is 6.54 Å². The molecule has 0 amide bonds. The molecule has 0 aliphatic heterocycles. The van der Waals surface area contributed by atoms with E-state index in [2.05, 4.69) is 27.8 Å². The first kappa shape index (κ1) is 11.5. The summed E-state index contributed by atoms with van der Waals surface area (Å²) in [6, 6.07) is 7.53. The second-order valence-electron chi connectivity index (χ2n) is 6.28. The van der Waals surface area contributed by atoms with Crippen molar-refractivity contribution >= 4 is 11.0 Å². The third kappa shape index (κ3) is 1.71. The first-order valence-electron chi connectivity index (χ1n) is 7.50. The topological polar surface area (TPSA) is 43.8 Å². The molecule has 3 nitrogen and oxygen atoms in total. The van der Waals surface area contributed by atoms with Crippen LogP contribution in [0.2, 0.25) is 0 Å². The van der Waals surface area contributed by atoms with E-state index in [9.17, 15) is 0 Å². The molecule has 4 rings (SSSR count). The number of aromatic nitrogens is 2. The van der Waals surface area contributed by atoms with Gasteiger partial charge < -0.3 is 10.3 Å². The summed E-state index contributed by atoms with van der Waals surface area (Å²) < 4.78 is 2.34. The number of benzene rings is 1. The van der Waals surface area contributed by atoms with Crippen molar-refractivity contribution in [3.05, 3.63) is 30.1 Å². The summed E-state index contributed by atoms with van der Waals surface area (Å²) in [5, 5.41) is 0. The molecule has 1 aromatic heterocycles. The maximum Gasteiger partial charge on any atom is 0.0960 e. The molecule has 19 heavy (non-hydrogen) atoms. The molecule has 2 aliphatic carbocycles. The highest BCUT2D eigenvalue weighted by Crippen LogP contribution is 2.42. The van der Waals surface area contributed by atoms with Crippen LogP contribution in [0.4, 0.5) is 0 Å². The molecule has 0 spiro atoms. The van der Waals surface area contributed by atoms with E-state index in [1.807, 2.05) is 6.33 Å². The number of rotatable bonds is 3. The lowest BCUT2D eigenvalue weighted by molar-refractivity contribution is 0.453. The Bertz CT molecular complexity index is 603. The van der Waals surface area contributed by atoms with Crippen LogP contribution >= 0.6 is 0 Å². The van der Waals surface area contributed by atoms with E-state index in [4.69, 9.17) is 5.73 Å². The lowest BCUT2D eigenvalue weighted by Gasteiger charge is -2.27. The summed E-state index contributed by atoms with van der Waals surface area (Å²) in [5.74, 6) is 0. The van der Waals surface area contributed by atoms with Crippen LogP contribution in [0.1, 0.15) is 50.1 Å². The van der Waals surface area contributed by atoms with Gasteiger partial charge in [0.2, 0.25) is 0 Å². The van der Waals surface area contributed by atoms with Crippen molar-refractivity contribution in [3.8, 4) is 0 Å².